The lowest BCUT2D eigenvalue weighted by molar-refractivity contribution is -0.112. The summed E-state index contributed by atoms with van der Waals surface area (Å²) in [5.74, 6) is 7.45. The molecule has 1 saturated carbocycles. The molecule has 2 rings (SSSR count). The first-order valence-corrected chi connectivity index (χ1v) is 8.61. The van der Waals surface area contributed by atoms with Crippen molar-refractivity contribution in [2.24, 2.45) is 16.7 Å². The van der Waals surface area contributed by atoms with Crippen LogP contribution in [-0.4, -0.2) is 5.78 Å². The predicted molar refractivity (Wildman–Crippen MR) is 93.4 cm³/mol. The van der Waals surface area contributed by atoms with E-state index in [0.717, 1.165) is 29.1 Å². The van der Waals surface area contributed by atoms with E-state index in [4.69, 9.17) is 0 Å². The van der Waals surface area contributed by atoms with Gasteiger partial charge in [0.2, 0.25) is 0 Å². The lowest BCUT2D eigenvalue weighted by Gasteiger charge is -2.20. The topological polar surface area (TPSA) is 17.1 Å². The van der Waals surface area contributed by atoms with Gasteiger partial charge in [-0.2, -0.15) is 0 Å². The smallest absolute Gasteiger partial charge is 0.198 e. The second-order valence-electron chi connectivity index (χ2n) is 8.83. The minimum absolute atomic E-state index is 0.0416. The van der Waals surface area contributed by atoms with E-state index in [1.807, 2.05) is 0 Å². The molecule has 0 radical (unpaired) electrons. The largest absolute Gasteiger partial charge is 0.288 e. The fourth-order valence-corrected chi connectivity index (χ4v) is 3.31. The monoisotopic (exact) mass is 298 g/mol. The molecule has 0 aliphatic heterocycles. The molecule has 1 nitrogen and oxygen atoms in total. The highest BCUT2D eigenvalue weighted by Crippen LogP contribution is 2.41. The summed E-state index contributed by atoms with van der Waals surface area (Å²) in [6.07, 6.45) is 8.34. The Morgan fingerprint density at radius 1 is 1.05 bits per heavy atom. The molecule has 0 amide bonds. The Balaban J connectivity index is 2.27. The summed E-state index contributed by atoms with van der Waals surface area (Å²) in [5, 5.41) is 0. The molecule has 120 valence electrons. The van der Waals surface area contributed by atoms with Crippen LogP contribution in [0.25, 0.3) is 0 Å². The third kappa shape index (κ3) is 3.72. The van der Waals surface area contributed by atoms with E-state index in [0.29, 0.717) is 0 Å². The highest BCUT2D eigenvalue weighted by Gasteiger charge is 2.35. The molecule has 0 saturated heterocycles. The number of carbonyl (C=O) groups is 1. The van der Waals surface area contributed by atoms with Crippen LogP contribution >= 0.6 is 0 Å². The van der Waals surface area contributed by atoms with Crippen LogP contribution in [0.2, 0.25) is 0 Å². The standard InChI is InChI=1S/C21H30O/c1-20(2,3)17-14-18(21(4,5)6)19(22)16(17)13-9-12-15-10-7-8-11-15/h14-15H,7-8,10-12H2,1-6H3. The number of hydrogen-bond acceptors (Lipinski definition) is 1. The number of hydrogen-bond donors (Lipinski definition) is 0. The van der Waals surface area contributed by atoms with Crippen LogP contribution in [0.3, 0.4) is 0 Å². The zero-order valence-electron chi connectivity index (χ0n) is 15.1. The Kier molecular flexibility index (Phi) is 4.71. The molecule has 0 bridgehead atoms. The molecule has 0 atom stereocenters. The van der Waals surface area contributed by atoms with Gasteiger partial charge in [0.1, 0.15) is 0 Å². The predicted octanol–water partition coefficient (Wildman–Crippen LogP) is 5.47. The number of rotatable bonds is 1. The molecule has 0 heterocycles. The Morgan fingerprint density at radius 2 is 1.64 bits per heavy atom. The Hall–Kier alpha value is -1.29. The van der Waals surface area contributed by atoms with Crippen LogP contribution in [-0.2, 0) is 4.79 Å². The summed E-state index contributed by atoms with van der Waals surface area (Å²) in [7, 11) is 0. The zero-order valence-corrected chi connectivity index (χ0v) is 15.1. The van der Waals surface area contributed by atoms with Gasteiger partial charge < -0.3 is 0 Å². The maximum atomic E-state index is 12.8. The van der Waals surface area contributed by atoms with Crippen molar-refractivity contribution in [1.82, 2.24) is 0 Å². The molecule has 0 spiro atoms. The molecular formula is C21H30O. The Bertz CT molecular complexity index is 570. The molecular weight excluding hydrogens is 268 g/mol. The van der Waals surface area contributed by atoms with E-state index in [1.165, 1.54) is 25.7 Å². The van der Waals surface area contributed by atoms with Crippen molar-refractivity contribution in [3.05, 3.63) is 22.8 Å². The summed E-state index contributed by atoms with van der Waals surface area (Å²) in [6, 6.07) is 0. The number of ketones is 1. The molecule has 0 aromatic carbocycles. The number of carbonyl (C=O) groups excluding carboxylic acids is 1. The summed E-state index contributed by atoms with van der Waals surface area (Å²) < 4.78 is 0. The lowest BCUT2D eigenvalue weighted by atomic mass is 9.83. The SMILES string of the molecule is CC(C)(C)C1=CC(C(C)(C)C)=C(C#CCC2CCCC2)C1=O. The summed E-state index contributed by atoms with van der Waals surface area (Å²) >= 11 is 0. The van der Waals surface area contributed by atoms with Gasteiger partial charge in [-0.1, -0.05) is 66.2 Å². The number of allylic oxidation sites excluding steroid dienone is 4. The van der Waals surface area contributed by atoms with Crippen molar-refractivity contribution < 1.29 is 4.79 Å². The maximum Gasteiger partial charge on any atom is 0.198 e. The van der Waals surface area contributed by atoms with Gasteiger partial charge >= 0.3 is 0 Å². The third-order valence-corrected chi connectivity index (χ3v) is 4.72. The van der Waals surface area contributed by atoms with E-state index >= 15 is 0 Å². The van der Waals surface area contributed by atoms with Crippen LogP contribution in [0.1, 0.15) is 73.6 Å². The Labute approximate surface area is 136 Å². The average Bonchev–Trinajstić information content (AvgIpc) is 2.96. The normalized spacial score (nSPS) is 20.3. The van der Waals surface area contributed by atoms with Gasteiger partial charge in [0.05, 0.1) is 5.57 Å². The van der Waals surface area contributed by atoms with Crippen molar-refractivity contribution in [2.45, 2.75) is 73.6 Å². The summed E-state index contributed by atoms with van der Waals surface area (Å²) in [6.45, 7) is 12.8. The van der Waals surface area contributed by atoms with E-state index in [-0.39, 0.29) is 16.6 Å². The van der Waals surface area contributed by atoms with Crippen LogP contribution < -0.4 is 0 Å². The van der Waals surface area contributed by atoms with Crippen molar-refractivity contribution in [3.8, 4) is 11.8 Å². The van der Waals surface area contributed by atoms with E-state index in [9.17, 15) is 4.79 Å². The van der Waals surface area contributed by atoms with E-state index in [2.05, 4.69) is 59.5 Å². The second-order valence-corrected chi connectivity index (χ2v) is 8.83. The van der Waals surface area contributed by atoms with Crippen LogP contribution in [0, 0.1) is 28.6 Å². The first-order chi connectivity index (χ1) is 10.1. The van der Waals surface area contributed by atoms with Crippen molar-refractivity contribution in [3.63, 3.8) is 0 Å². The average molecular weight is 298 g/mol. The molecule has 2 aliphatic carbocycles. The highest BCUT2D eigenvalue weighted by atomic mass is 16.1. The molecule has 1 heteroatoms. The van der Waals surface area contributed by atoms with Crippen molar-refractivity contribution >= 4 is 5.78 Å². The minimum Gasteiger partial charge on any atom is -0.288 e. The van der Waals surface area contributed by atoms with Gasteiger partial charge in [-0.3, -0.25) is 4.79 Å². The third-order valence-electron chi connectivity index (χ3n) is 4.72. The van der Waals surface area contributed by atoms with Gasteiger partial charge in [-0.15, -0.1) is 0 Å². The Morgan fingerprint density at radius 3 is 2.14 bits per heavy atom. The van der Waals surface area contributed by atoms with Gasteiger partial charge in [-0.05, 0) is 41.2 Å². The molecule has 0 aromatic heterocycles. The van der Waals surface area contributed by atoms with E-state index in [1.54, 1.807) is 0 Å². The molecule has 22 heavy (non-hydrogen) atoms. The molecule has 0 unspecified atom stereocenters. The molecule has 2 aliphatic rings. The minimum atomic E-state index is -0.123. The number of Topliss-reactive ketones (excluding diaryl/α,β-unsaturated/α-hetero) is 1. The van der Waals surface area contributed by atoms with Crippen molar-refractivity contribution in [1.29, 1.82) is 0 Å². The molecule has 1 fully saturated rings. The summed E-state index contributed by atoms with van der Waals surface area (Å²) in [4.78, 5) is 12.8. The van der Waals surface area contributed by atoms with Gasteiger partial charge in [0.25, 0.3) is 0 Å². The maximum absolute atomic E-state index is 12.8. The van der Waals surface area contributed by atoms with Gasteiger partial charge in [0, 0.05) is 12.0 Å². The quantitative estimate of drug-likeness (QED) is 0.587. The van der Waals surface area contributed by atoms with Crippen molar-refractivity contribution in [2.75, 3.05) is 0 Å². The lowest BCUT2D eigenvalue weighted by Crippen LogP contribution is -2.16. The van der Waals surface area contributed by atoms with Gasteiger partial charge in [0.15, 0.2) is 5.78 Å². The summed E-state index contributed by atoms with van der Waals surface area (Å²) in [5.41, 5.74) is 2.60. The zero-order chi connectivity index (χ0) is 16.5. The van der Waals surface area contributed by atoms with Crippen LogP contribution in [0.15, 0.2) is 22.8 Å². The fourth-order valence-electron chi connectivity index (χ4n) is 3.31. The fraction of sp³-hybridized carbons (Fsp3) is 0.667. The van der Waals surface area contributed by atoms with Gasteiger partial charge in [-0.25, -0.2) is 0 Å². The highest BCUT2D eigenvalue weighted by molar-refractivity contribution is 6.16. The molecule has 0 aromatic rings. The molecule has 0 N–H and O–H groups in total. The second kappa shape index (κ2) is 6.07. The van der Waals surface area contributed by atoms with E-state index < -0.39 is 0 Å². The first-order valence-electron chi connectivity index (χ1n) is 8.61. The van der Waals surface area contributed by atoms with Crippen LogP contribution in [0.5, 0.6) is 0 Å². The van der Waals surface area contributed by atoms with Crippen LogP contribution in [0.4, 0.5) is 0 Å². The first kappa shape index (κ1) is 17.1.